The molecule has 0 bridgehead atoms. The van der Waals surface area contributed by atoms with E-state index in [1.165, 1.54) is 103 Å². The predicted molar refractivity (Wildman–Crippen MR) is 99.2 cm³/mol. The molecule has 0 aliphatic heterocycles. The minimum absolute atomic E-state index is 0.820. The van der Waals surface area contributed by atoms with Crippen LogP contribution >= 0.6 is 11.6 Å². The maximum atomic E-state index is 5.75. The van der Waals surface area contributed by atoms with Crippen molar-refractivity contribution in [3.8, 4) is 0 Å². The highest BCUT2D eigenvalue weighted by molar-refractivity contribution is 6.29. The van der Waals surface area contributed by atoms with Gasteiger partial charge in [0, 0.05) is 5.03 Å². The minimum atomic E-state index is 0.820. The van der Waals surface area contributed by atoms with Gasteiger partial charge in [-0.25, -0.2) is 0 Å². The van der Waals surface area contributed by atoms with Crippen LogP contribution in [0.15, 0.2) is 11.6 Å². The van der Waals surface area contributed by atoms with Gasteiger partial charge in [0.2, 0.25) is 0 Å². The number of halogens is 1. The monoisotopic (exact) mass is 314 g/mol. The molecule has 0 aromatic heterocycles. The summed E-state index contributed by atoms with van der Waals surface area (Å²) in [6.07, 6.45) is 23.7. The summed E-state index contributed by atoms with van der Waals surface area (Å²) in [6, 6.07) is 0. The third-order valence-corrected chi connectivity index (χ3v) is 4.49. The van der Waals surface area contributed by atoms with E-state index in [-0.39, 0.29) is 0 Å². The molecule has 0 nitrogen and oxygen atoms in total. The largest absolute Gasteiger partial charge is 0.0898 e. The Bertz CT molecular complexity index is 210. The number of hydrogen-bond donors (Lipinski definition) is 0. The van der Waals surface area contributed by atoms with E-state index in [1.54, 1.807) is 0 Å². The van der Waals surface area contributed by atoms with Gasteiger partial charge >= 0.3 is 0 Å². The first-order chi connectivity index (χ1) is 10.3. The van der Waals surface area contributed by atoms with Crippen molar-refractivity contribution in [2.75, 3.05) is 0 Å². The molecule has 0 saturated carbocycles. The average molecular weight is 315 g/mol. The van der Waals surface area contributed by atoms with E-state index < -0.39 is 0 Å². The van der Waals surface area contributed by atoms with Gasteiger partial charge in [-0.1, -0.05) is 121 Å². The Morgan fingerprint density at radius 1 is 0.571 bits per heavy atom. The van der Waals surface area contributed by atoms with Crippen LogP contribution in [0.25, 0.3) is 0 Å². The Kier molecular flexibility index (Phi) is 18.1. The zero-order chi connectivity index (χ0) is 15.6. The zero-order valence-corrected chi connectivity index (χ0v) is 15.4. The maximum absolute atomic E-state index is 5.75. The molecule has 1 heteroatoms. The summed E-state index contributed by atoms with van der Waals surface area (Å²) in [5.41, 5.74) is 0. The zero-order valence-electron chi connectivity index (χ0n) is 14.6. The van der Waals surface area contributed by atoms with Gasteiger partial charge in [0.1, 0.15) is 0 Å². The van der Waals surface area contributed by atoms with E-state index in [0.717, 1.165) is 11.5 Å². The molecule has 0 aliphatic carbocycles. The Morgan fingerprint density at radius 2 is 0.857 bits per heavy atom. The third-order valence-electron chi connectivity index (χ3n) is 4.30. The number of unbranched alkanes of at least 4 members (excludes halogenated alkanes) is 15. The lowest BCUT2D eigenvalue weighted by molar-refractivity contribution is 0.530. The molecule has 0 aromatic carbocycles. The van der Waals surface area contributed by atoms with E-state index >= 15 is 0 Å². The van der Waals surface area contributed by atoms with Crippen molar-refractivity contribution in [2.45, 2.75) is 116 Å². The van der Waals surface area contributed by atoms with Gasteiger partial charge in [-0.3, -0.25) is 0 Å². The van der Waals surface area contributed by atoms with E-state index in [0.29, 0.717) is 0 Å². The molecule has 0 spiro atoms. The molecule has 21 heavy (non-hydrogen) atoms. The van der Waals surface area contributed by atoms with E-state index in [4.69, 9.17) is 11.6 Å². The van der Waals surface area contributed by atoms with Crippen LogP contribution in [0.2, 0.25) is 0 Å². The lowest BCUT2D eigenvalue weighted by Gasteiger charge is -2.03. The van der Waals surface area contributed by atoms with Gasteiger partial charge in [-0.2, -0.15) is 0 Å². The van der Waals surface area contributed by atoms with Crippen molar-refractivity contribution in [3.05, 3.63) is 11.6 Å². The van der Waals surface area contributed by atoms with Crippen LogP contribution in [0, 0.1) is 0 Å². The molecule has 0 atom stereocenters. The van der Waals surface area contributed by atoms with Gasteiger partial charge in [0.15, 0.2) is 0 Å². The standard InChI is InChI=1S/C20H39Cl/c1-3-4-5-6-7-8-9-10-11-12-13-14-15-16-17-18-19-20(2)21/h2-19H2,1H3. The molecule has 0 heterocycles. The number of allylic oxidation sites excluding steroid dienone is 1. The van der Waals surface area contributed by atoms with Crippen molar-refractivity contribution < 1.29 is 0 Å². The number of hydrogen-bond acceptors (Lipinski definition) is 0. The van der Waals surface area contributed by atoms with Gasteiger partial charge in [0.25, 0.3) is 0 Å². The van der Waals surface area contributed by atoms with Crippen LogP contribution in [0.1, 0.15) is 116 Å². The van der Waals surface area contributed by atoms with Crippen LogP contribution in [0.5, 0.6) is 0 Å². The maximum Gasteiger partial charge on any atom is 0.0109 e. The van der Waals surface area contributed by atoms with Crippen molar-refractivity contribution in [2.24, 2.45) is 0 Å². The van der Waals surface area contributed by atoms with Crippen LogP contribution in [-0.4, -0.2) is 0 Å². The van der Waals surface area contributed by atoms with Gasteiger partial charge in [-0.05, 0) is 12.8 Å². The summed E-state index contributed by atoms with van der Waals surface area (Å²) in [6.45, 7) is 6.02. The van der Waals surface area contributed by atoms with Crippen molar-refractivity contribution in [1.82, 2.24) is 0 Å². The summed E-state index contributed by atoms with van der Waals surface area (Å²) < 4.78 is 0. The van der Waals surface area contributed by atoms with Crippen LogP contribution in [0.3, 0.4) is 0 Å². The lowest BCUT2D eigenvalue weighted by atomic mass is 10.0. The normalized spacial score (nSPS) is 11.0. The van der Waals surface area contributed by atoms with Crippen LogP contribution in [0.4, 0.5) is 0 Å². The van der Waals surface area contributed by atoms with E-state index in [2.05, 4.69) is 13.5 Å². The Morgan fingerprint density at radius 3 is 1.14 bits per heavy atom. The highest BCUT2D eigenvalue weighted by atomic mass is 35.5. The first-order valence-corrected chi connectivity index (χ1v) is 9.98. The van der Waals surface area contributed by atoms with Gasteiger partial charge in [-0.15, -0.1) is 0 Å². The molecule has 0 aromatic rings. The Balaban J connectivity index is 2.95. The molecule has 0 amide bonds. The third kappa shape index (κ3) is 20.0. The number of rotatable bonds is 17. The fourth-order valence-corrected chi connectivity index (χ4v) is 3.00. The smallest absolute Gasteiger partial charge is 0.0109 e. The van der Waals surface area contributed by atoms with Gasteiger partial charge < -0.3 is 0 Å². The second-order valence-electron chi connectivity index (χ2n) is 6.57. The van der Waals surface area contributed by atoms with Crippen LogP contribution in [-0.2, 0) is 0 Å². The fourth-order valence-electron chi connectivity index (χ4n) is 2.86. The van der Waals surface area contributed by atoms with E-state index in [1.807, 2.05) is 0 Å². The lowest BCUT2D eigenvalue weighted by Crippen LogP contribution is -1.83. The van der Waals surface area contributed by atoms with Crippen molar-refractivity contribution >= 4 is 11.6 Å². The van der Waals surface area contributed by atoms with Crippen molar-refractivity contribution in [1.29, 1.82) is 0 Å². The highest BCUT2D eigenvalue weighted by Gasteiger charge is 1.95. The summed E-state index contributed by atoms with van der Waals surface area (Å²) in [5.74, 6) is 0. The predicted octanol–water partition coefficient (Wildman–Crippen LogP) is 8.39. The summed E-state index contributed by atoms with van der Waals surface area (Å²) in [7, 11) is 0. The molecule has 126 valence electrons. The fraction of sp³-hybridized carbons (Fsp3) is 0.900. The molecule has 0 saturated heterocycles. The summed E-state index contributed by atoms with van der Waals surface area (Å²) >= 11 is 5.75. The molecule has 0 fully saturated rings. The summed E-state index contributed by atoms with van der Waals surface area (Å²) in [4.78, 5) is 0. The Labute approximate surface area is 139 Å². The highest BCUT2D eigenvalue weighted by Crippen LogP contribution is 2.15. The van der Waals surface area contributed by atoms with Crippen LogP contribution < -0.4 is 0 Å². The topological polar surface area (TPSA) is 0 Å². The quantitative estimate of drug-likeness (QED) is 0.236. The molecule has 0 aliphatic rings. The SMILES string of the molecule is C=C(Cl)CCCCCCCCCCCCCCCCCC. The molecule has 0 radical (unpaired) electrons. The molecular formula is C20H39Cl. The molecule has 0 N–H and O–H groups in total. The van der Waals surface area contributed by atoms with Gasteiger partial charge in [0.05, 0.1) is 0 Å². The summed E-state index contributed by atoms with van der Waals surface area (Å²) in [5, 5.41) is 0.820. The second kappa shape index (κ2) is 18.1. The first-order valence-electron chi connectivity index (χ1n) is 9.60. The minimum Gasteiger partial charge on any atom is -0.0898 e. The average Bonchev–Trinajstić information content (AvgIpc) is 2.46. The molecule has 0 rings (SSSR count). The molecular weight excluding hydrogens is 276 g/mol. The second-order valence-corrected chi connectivity index (χ2v) is 7.11. The van der Waals surface area contributed by atoms with E-state index in [9.17, 15) is 0 Å². The first kappa shape index (κ1) is 21.0. The molecule has 0 unspecified atom stereocenters. The Hall–Kier alpha value is 0.0300. The van der Waals surface area contributed by atoms with Crippen molar-refractivity contribution in [3.63, 3.8) is 0 Å².